The number of carbonyl (C=O) groups is 1. The average molecular weight is 383 g/mol. The van der Waals surface area contributed by atoms with E-state index in [2.05, 4.69) is 10.5 Å². The molecular formula is C21H19ClN2O3. The fourth-order valence-corrected chi connectivity index (χ4v) is 2.62. The number of halogens is 1. The number of benzene rings is 3. The Morgan fingerprint density at radius 1 is 1.00 bits per heavy atom. The molecule has 6 heteroatoms. The maximum Gasteiger partial charge on any atom is 0.277 e. The minimum Gasteiger partial charge on any atom is -0.497 e. The molecule has 0 heterocycles. The van der Waals surface area contributed by atoms with Crippen molar-refractivity contribution in [2.75, 3.05) is 13.7 Å². The Morgan fingerprint density at radius 3 is 2.41 bits per heavy atom. The summed E-state index contributed by atoms with van der Waals surface area (Å²) in [7, 11) is 1.64. The van der Waals surface area contributed by atoms with Gasteiger partial charge in [0.25, 0.3) is 5.91 Å². The molecule has 5 nitrogen and oxygen atoms in total. The Kier molecular flexibility index (Phi) is 5.94. The van der Waals surface area contributed by atoms with E-state index in [4.69, 9.17) is 21.1 Å². The zero-order valence-corrected chi connectivity index (χ0v) is 15.8. The summed E-state index contributed by atoms with van der Waals surface area (Å²) in [5.74, 6) is 1.05. The SMILES string of the molecule is COc1ccc2cc(/C(C)=N/NC(=O)COc3ccc(Cl)cc3)ccc2c1. The third kappa shape index (κ3) is 4.99. The lowest BCUT2D eigenvalue weighted by atomic mass is 10.0. The van der Waals surface area contributed by atoms with Gasteiger partial charge in [0.05, 0.1) is 12.8 Å². The van der Waals surface area contributed by atoms with E-state index in [9.17, 15) is 4.79 Å². The van der Waals surface area contributed by atoms with E-state index in [0.717, 1.165) is 22.1 Å². The van der Waals surface area contributed by atoms with Gasteiger partial charge in [0.15, 0.2) is 6.61 Å². The molecule has 0 aliphatic carbocycles. The highest BCUT2D eigenvalue weighted by Gasteiger charge is 2.05. The Bertz CT molecular complexity index is 984. The number of nitrogens with one attached hydrogen (secondary N) is 1. The number of hydrogen-bond acceptors (Lipinski definition) is 4. The van der Waals surface area contributed by atoms with Crippen LogP contribution in [0.2, 0.25) is 5.02 Å². The molecule has 0 aliphatic rings. The third-order valence-corrected chi connectivity index (χ3v) is 4.25. The standard InChI is InChI=1S/C21H19ClN2O3/c1-14(15-3-4-17-12-20(26-2)8-5-16(17)11-15)23-24-21(25)13-27-19-9-6-18(22)7-10-19/h3-12H,13H2,1-2H3,(H,24,25)/b23-14+. The summed E-state index contributed by atoms with van der Waals surface area (Å²) in [6, 6.07) is 18.7. The number of nitrogens with zero attached hydrogens (tertiary/aromatic N) is 1. The monoisotopic (exact) mass is 382 g/mol. The van der Waals surface area contributed by atoms with Crippen LogP contribution in [0.25, 0.3) is 10.8 Å². The van der Waals surface area contributed by atoms with Gasteiger partial charge in [-0.15, -0.1) is 0 Å². The maximum atomic E-state index is 11.9. The van der Waals surface area contributed by atoms with E-state index in [-0.39, 0.29) is 12.5 Å². The molecular weight excluding hydrogens is 364 g/mol. The summed E-state index contributed by atoms with van der Waals surface area (Å²) in [6.45, 7) is 1.71. The molecule has 0 aliphatic heterocycles. The zero-order valence-electron chi connectivity index (χ0n) is 15.0. The number of rotatable bonds is 6. The number of hydrazone groups is 1. The minimum absolute atomic E-state index is 0.129. The molecule has 3 aromatic rings. The summed E-state index contributed by atoms with van der Waals surface area (Å²) >= 11 is 5.81. The summed E-state index contributed by atoms with van der Waals surface area (Å²) in [6.07, 6.45) is 0. The maximum absolute atomic E-state index is 11.9. The molecule has 0 saturated carbocycles. The summed E-state index contributed by atoms with van der Waals surface area (Å²) in [5, 5.41) is 6.91. The van der Waals surface area contributed by atoms with E-state index >= 15 is 0 Å². The Hall–Kier alpha value is -3.05. The highest BCUT2D eigenvalue weighted by Crippen LogP contribution is 2.22. The molecule has 0 atom stereocenters. The van der Waals surface area contributed by atoms with Gasteiger partial charge < -0.3 is 9.47 Å². The van der Waals surface area contributed by atoms with E-state index in [1.807, 2.05) is 43.3 Å². The number of ether oxygens (including phenoxy) is 2. The molecule has 0 fully saturated rings. The number of methoxy groups -OCH3 is 1. The van der Waals surface area contributed by atoms with Gasteiger partial charge in [0.1, 0.15) is 11.5 Å². The molecule has 1 N–H and O–H groups in total. The van der Waals surface area contributed by atoms with E-state index in [0.29, 0.717) is 16.5 Å². The molecule has 0 bridgehead atoms. The normalized spacial score (nSPS) is 11.3. The first-order valence-electron chi connectivity index (χ1n) is 8.35. The van der Waals surface area contributed by atoms with Gasteiger partial charge in [0, 0.05) is 5.02 Å². The number of fused-ring (bicyclic) bond motifs is 1. The van der Waals surface area contributed by atoms with Crippen LogP contribution >= 0.6 is 11.6 Å². The molecule has 138 valence electrons. The van der Waals surface area contributed by atoms with Crippen molar-refractivity contribution in [1.82, 2.24) is 5.43 Å². The molecule has 0 radical (unpaired) electrons. The van der Waals surface area contributed by atoms with Crippen molar-refractivity contribution in [3.8, 4) is 11.5 Å². The second-order valence-corrected chi connectivity index (χ2v) is 6.34. The van der Waals surface area contributed by atoms with Crippen LogP contribution in [0.3, 0.4) is 0 Å². The van der Waals surface area contributed by atoms with Crippen LogP contribution in [0, 0.1) is 0 Å². The van der Waals surface area contributed by atoms with Crippen LogP contribution in [0.1, 0.15) is 12.5 Å². The predicted octanol–water partition coefficient (Wildman–Crippen LogP) is 4.42. The first-order chi connectivity index (χ1) is 13.0. The Balaban J connectivity index is 1.61. The molecule has 0 saturated heterocycles. The first kappa shape index (κ1) is 18.7. The van der Waals surface area contributed by atoms with E-state index in [1.165, 1.54) is 0 Å². The Morgan fingerprint density at radius 2 is 1.67 bits per heavy atom. The second kappa shape index (κ2) is 8.56. The smallest absolute Gasteiger partial charge is 0.277 e. The zero-order chi connectivity index (χ0) is 19.2. The molecule has 0 aromatic heterocycles. The summed E-state index contributed by atoms with van der Waals surface area (Å²) < 4.78 is 10.6. The fraction of sp³-hybridized carbons (Fsp3) is 0.143. The van der Waals surface area contributed by atoms with E-state index in [1.54, 1.807) is 31.4 Å². The highest BCUT2D eigenvalue weighted by atomic mass is 35.5. The van der Waals surface area contributed by atoms with Crippen molar-refractivity contribution in [3.05, 3.63) is 71.2 Å². The minimum atomic E-state index is -0.338. The van der Waals surface area contributed by atoms with Gasteiger partial charge in [-0.25, -0.2) is 5.43 Å². The predicted molar refractivity (Wildman–Crippen MR) is 108 cm³/mol. The molecule has 27 heavy (non-hydrogen) atoms. The van der Waals surface area contributed by atoms with Crippen molar-refractivity contribution in [3.63, 3.8) is 0 Å². The largest absolute Gasteiger partial charge is 0.497 e. The van der Waals surface area contributed by atoms with Crippen LogP contribution in [-0.2, 0) is 4.79 Å². The summed E-state index contributed by atoms with van der Waals surface area (Å²) in [4.78, 5) is 11.9. The van der Waals surface area contributed by atoms with Crippen LogP contribution in [0.5, 0.6) is 11.5 Å². The van der Waals surface area contributed by atoms with Crippen LogP contribution < -0.4 is 14.9 Å². The van der Waals surface area contributed by atoms with Crippen molar-refractivity contribution >= 4 is 34.0 Å². The third-order valence-electron chi connectivity index (χ3n) is 4.00. The fourth-order valence-electron chi connectivity index (χ4n) is 2.50. The average Bonchev–Trinajstić information content (AvgIpc) is 2.70. The first-order valence-corrected chi connectivity index (χ1v) is 8.72. The molecule has 3 aromatic carbocycles. The van der Waals surface area contributed by atoms with Gasteiger partial charge in [0.2, 0.25) is 0 Å². The van der Waals surface area contributed by atoms with Crippen molar-refractivity contribution in [2.24, 2.45) is 5.10 Å². The lowest BCUT2D eigenvalue weighted by molar-refractivity contribution is -0.123. The van der Waals surface area contributed by atoms with Gasteiger partial charge in [-0.2, -0.15) is 5.10 Å². The number of hydrogen-bond donors (Lipinski definition) is 1. The second-order valence-electron chi connectivity index (χ2n) is 5.90. The lowest BCUT2D eigenvalue weighted by Crippen LogP contribution is -2.25. The Labute approximate surface area is 162 Å². The van der Waals surface area contributed by atoms with Crippen molar-refractivity contribution in [1.29, 1.82) is 0 Å². The van der Waals surface area contributed by atoms with Crippen LogP contribution in [0.4, 0.5) is 0 Å². The van der Waals surface area contributed by atoms with Crippen molar-refractivity contribution < 1.29 is 14.3 Å². The number of amides is 1. The summed E-state index contributed by atoms with van der Waals surface area (Å²) in [5.41, 5.74) is 4.13. The van der Waals surface area contributed by atoms with Gasteiger partial charge in [-0.1, -0.05) is 29.8 Å². The molecule has 0 spiro atoms. The van der Waals surface area contributed by atoms with E-state index < -0.39 is 0 Å². The topological polar surface area (TPSA) is 59.9 Å². The van der Waals surface area contributed by atoms with Crippen LogP contribution in [-0.4, -0.2) is 25.3 Å². The molecule has 0 unspecified atom stereocenters. The molecule has 3 rings (SSSR count). The van der Waals surface area contributed by atoms with Gasteiger partial charge in [-0.05, 0) is 65.7 Å². The quantitative estimate of drug-likeness (QED) is 0.507. The number of carbonyl (C=O) groups excluding carboxylic acids is 1. The van der Waals surface area contributed by atoms with Crippen molar-refractivity contribution in [2.45, 2.75) is 6.92 Å². The highest BCUT2D eigenvalue weighted by molar-refractivity contribution is 6.30. The van der Waals surface area contributed by atoms with Gasteiger partial charge >= 0.3 is 0 Å². The lowest BCUT2D eigenvalue weighted by Gasteiger charge is -2.07. The van der Waals surface area contributed by atoms with Gasteiger partial charge in [-0.3, -0.25) is 4.79 Å². The molecule has 1 amide bonds. The van der Waals surface area contributed by atoms with Crippen LogP contribution in [0.15, 0.2) is 65.8 Å².